The summed E-state index contributed by atoms with van der Waals surface area (Å²) in [6.07, 6.45) is 0.949. The third-order valence-corrected chi connectivity index (χ3v) is 6.18. The van der Waals surface area contributed by atoms with Crippen molar-refractivity contribution in [2.45, 2.75) is 29.2 Å². The number of carbonyl (C=O) groups is 2. The summed E-state index contributed by atoms with van der Waals surface area (Å²) in [6, 6.07) is 19.4. The van der Waals surface area contributed by atoms with Crippen molar-refractivity contribution in [3.05, 3.63) is 89.5 Å². The van der Waals surface area contributed by atoms with Crippen LogP contribution in [-0.4, -0.2) is 30.5 Å². The van der Waals surface area contributed by atoms with Gasteiger partial charge in [-0.05, 0) is 72.6 Å². The van der Waals surface area contributed by atoms with Gasteiger partial charge < -0.3 is 10.1 Å². The summed E-state index contributed by atoms with van der Waals surface area (Å²) in [5, 5.41) is 2.76. The van der Waals surface area contributed by atoms with Gasteiger partial charge in [-0.25, -0.2) is 9.68 Å². The molecule has 188 valence electrons. The van der Waals surface area contributed by atoms with E-state index in [0.29, 0.717) is 37.3 Å². The Bertz CT molecular complexity index is 1200. The molecular weight excluding hydrogens is 495 g/mol. The first kappa shape index (κ1) is 25.4. The van der Waals surface area contributed by atoms with Crippen molar-refractivity contribution < 1.29 is 37.3 Å². The highest BCUT2D eigenvalue weighted by atomic mass is 32.2. The third kappa shape index (κ3) is 6.94. The van der Waals surface area contributed by atoms with Gasteiger partial charge in [-0.15, -0.1) is 0 Å². The van der Waals surface area contributed by atoms with Gasteiger partial charge in [0.1, 0.15) is 5.75 Å². The van der Waals surface area contributed by atoms with Crippen molar-refractivity contribution >= 4 is 23.6 Å². The predicted octanol–water partition coefficient (Wildman–Crippen LogP) is 5.67. The number of alkyl halides is 3. The summed E-state index contributed by atoms with van der Waals surface area (Å²) in [6.45, 7) is 0.718. The number of rotatable bonds is 8. The topological polar surface area (TPSA) is 73.9 Å². The normalized spacial score (nSPS) is 14.8. The Balaban J connectivity index is 1.22. The summed E-state index contributed by atoms with van der Waals surface area (Å²) < 4.78 is 42.8. The van der Waals surface area contributed by atoms with Crippen LogP contribution in [0, 0.1) is 0 Å². The summed E-state index contributed by atoms with van der Waals surface area (Å²) >= 11 is -0.167. The van der Waals surface area contributed by atoms with Crippen LogP contribution in [0.2, 0.25) is 0 Å². The molecule has 0 spiro atoms. The van der Waals surface area contributed by atoms with Crippen LogP contribution in [-0.2, 0) is 16.1 Å². The molecule has 1 unspecified atom stereocenters. The lowest BCUT2D eigenvalue weighted by atomic mass is 9.93. The van der Waals surface area contributed by atoms with E-state index in [4.69, 9.17) is 14.5 Å². The van der Waals surface area contributed by atoms with Crippen LogP contribution in [0.4, 0.5) is 13.2 Å². The van der Waals surface area contributed by atoms with E-state index in [-0.39, 0.29) is 28.3 Å². The summed E-state index contributed by atoms with van der Waals surface area (Å²) in [5.41, 5.74) is -2.39. The number of benzene rings is 3. The number of halogens is 3. The number of fused-ring (bicyclic) bond motifs is 1. The molecule has 1 atom stereocenters. The Morgan fingerprint density at radius 1 is 1.00 bits per heavy atom. The summed E-state index contributed by atoms with van der Waals surface area (Å²) in [4.78, 5) is 35.2. The molecule has 3 aromatic rings. The number of para-hydroxylation sites is 1. The number of thioether (sulfide) groups is 1. The number of hydrogen-bond acceptors (Lipinski definition) is 6. The molecule has 0 saturated carbocycles. The van der Waals surface area contributed by atoms with Gasteiger partial charge in [0, 0.05) is 22.6 Å². The second-order valence-electron chi connectivity index (χ2n) is 7.94. The average Bonchev–Trinajstić information content (AvgIpc) is 2.87. The fourth-order valence-corrected chi connectivity index (χ4v) is 4.22. The average molecular weight is 518 g/mol. The number of amides is 1. The lowest BCUT2D eigenvalue weighted by Crippen LogP contribution is -2.25. The third-order valence-electron chi connectivity index (χ3n) is 5.44. The van der Waals surface area contributed by atoms with Crippen molar-refractivity contribution in [1.82, 2.24) is 5.32 Å². The first-order valence-electron chi connectivity index (χ1n) is 11.1. The van der Waals surface area contributed by atoms with E-state index in [1.54, 1.807) is 18.2 Å². The van der Waals surface area contributed by atoms with Crippen LogP contribution in [0.3, 0.4) is 0 Å². The number of carbonyl (C=O) groups excluding carboxylic acids is 2. The van der Waals surface area contributed by atoms with Gasteiger partial charge in [-0.2, -0.15) is 13.2 Å². The summed E-state index contributed by atoms with van der Waals surface area (Å²) in [5.74, 6) is -0.422. The Morgan fingerprint density at radius 3 is 2.44 bits per heavy atom. The Kier molecular flexibility index (Phi) is 8.04. The molecule has 0 fully saturated rings. The van der Waals surface area contributed by atoms with Crippen molar-refractivity contribution in [3.8, 4) is 11.5 Å². The molecule has 1 aliphatic heterocycles. The van der Waals surface area contributed by atoms with Crippen molar-refractivity contribution in [1.29, 1.82) is 0 Å². The zero-order valence-corrected chi connectivity index (χ0v) is 19.7. The molecule has 3 aromatic carbocycles. The highest BCUT2D eigenvalue weighted by Crippen LogP contribution is 2.37. The van der Waals surface area contributed by atoms with Gasteiger partial charge in [0.15, 0.2) is 5.75 Å². The van der Waals surface area contributed by atoms with Crippen LogP contribution in [0.5, 0.6) is 11.5 Å². The van der Waals surface area contributed by atoms with Crippen LogP contribution in [0.25, 0.3) is 0 Å². The van der Waals surface area contributed by atoms with E-state index in [2.05, 4.69) is 5.32 Å². The number of hydrogen-bond donors (Lipinski definition) is 1. The van der Waals surface area contributed by atoms with E-state index < -0.39 is 17.4 Å². The first-order valence-corrected chi connectivity index (χ1v) is 11.9. The largest absolute Gasteiger partial charge is 0.493 e. The summed E-state index contributed by atoms with van der Waals surface area (Å²) in [7, 11) is 0. The highest BCUT2D eigenvalue weighted by molar-refractivity contribution is 8.00. The second-order valence-corrected chi connectivity index (χ2v) is 9.07. The molecule has 0 aliphatic carbocycles. The van der Waals surface area contributed by atoms with Gasteiger partial charge in [-0.3, -0.25) is 9.68 Å². The monoisotopic (exact) mass is 517 g/mol. The van der Waals surface area contributed by atoms with Gasteiger partial charge in [-0.1, -0.05) is 30.3 Å². The molecule has 36 heavy (non-hydrogen) atoms. The molecule has 1 N–H and O–H groups in total. The van der Waals surface area contributed by atoms with Crippen LogP contribution < -0.4 is 14.9 Å². The number of nitrogens with one attached hydrogen (secondary N) is 1. The van der Waals surface area contributed by atoms with Crippen LogP contribution in [0.15, 0.2) is 77.7 Å². The zero-order chi connectivity index (χ0) is 25.5. The Labute approximate surface area is 209 Å². The van der Waals surface area contributed by atoms with Crippen LogP contribution >= 0.6 is 11.8 Å². The fourth-order valence-electron chi connectivity index (χ4n) is 3.68. The molecule has 10 heteroatoms. The van der Waals surface area contributed by atoms with E-state index in [0.717, 1.165) is 11.1 Å². The Morgan fingerprint density at radius 2 is 1.72 bits per heavy atom. The van der Waals surface area contributed by atoms with Crippen molar-refractivity contribution in [2.75, 3.05) is 13.2 Å². The van der Waals surface area contributed by atoms with Crippen molar-refractivity contribution in [2.24, 2.45) is 0 Å². The maximum atomic E-state index is 12.5. The smallest absolute Gasteiger partial charge is 0.446 e. The second kappa shape index (κ2) is 11.4. The van der Waals surface area contributed by atoms with Crippen molar-refractivity contribution in [3.63, 3.8) is 0 Å². The van der Waals surface area contributed by atoms with Crippen LogP contribution in [0.1, 0.15) is 33.8 Å². The quantitative estimate of drug-likeness (QED) is 0.236. The predicted molar refractivity (Wildman–Crippen MR) is 127 cm³/mol. The molecule has 4 rings (SSSR count). The molecule has 1 heterocycles. The first-order chi connectivity index (χ1) is 17.3. The molecule has 6 nitrogen and oxygen atoms in total. The van der Waals surface area contributed by atoms with E-state index >= 15 is 0 Å². The van der Waals surface area contributed by atoms with Gasteiger partial charge >= 0.3 is 11.5 Å². The SMILES string of the molecule is O=C(NCCc1ccc(SC(F)(F)F)cc1)c1ccc(OOC(=O)C2CCOc3ccccc32)cc1. The maximum absolute atomic E-state index is 12.5. The molecule has 0 bridgehead atoms. The molecule has 1 amide bonds. The lowest BCUT2D eigenvalue weighted by molar-refractivity contribution is -0.216. The number of ether oxygens (including phenoxy) is 1. The maximum Gasteiger partial charge on any atom is 0.446 e. The highest BCUT2D eigenvalue weighted by Gasteiger charge is 2.30. The fraction of sp³-hybridized carbons (Fsp3) is 0.231. The van der Waals surface area contributed by atoms with Gasteiger partial charge in [0.2, 0.25) is 0 Å². The zero-order valence-electron chi connectivity index (χ0n) is 18.9. The minimum atomic E-state index is -4.32. The minimum Gasteiger partial charge on any atom is -0.493 e. The standard InChI is InChI=1S/C26H22F3NO5S/c27-26(28,29)36-20-11-5-17(6-12-20)13-15-30-24(31)18-7-9-19(10-8-18)34-35-25(32)22-14-16-33-23-4-2-1-3-21(22)23/h1-12,22H,13-16H2,(H,30,31). The lowest BCUT2D eigenvalue weighted by Gasteiger charge is -2.23. The van der Waals surface area contributed by atoms with E-state index in [1.165, 1.54) is 36.4 Å². The Hall–Kier alpha value is -3.66. The molecule has 0 radical (unpaired) electrons. The van der Waals surface area contributed by atoms with Gasteiger partial charge in [0.25, 0.3) is 5.91 Å². The minimum absolute atomic E-state index is 0.112. The van der Waals surface area contributed by atoms with E-state index in [9.17, 15) is 22.8 Å². The molecule has 0 aromatic heterocycles. The molecular formula is C26H22F3NO5S. The molecule has 0 saturated heterocycles. The van der Waals surface area contributed by atoms with Gasteiger partial charge in [0.05, 0.1) is 12.5 Å². The van der Waals surface area contributed by atoms with E-state index in [1.807, 2.05) is 18.2 Å². The molecule has 1 aliphatic rings.